The Labute approximate surface area is 146 Å². The Morgan fingerprint density at radius 2 is 1.92 bits per heavy atom. The quantitative estimate of drug-likeness (QED) is 0.720. The molecule has 25 heavy (non-hydrogen) atoms. The Morgan fingerprint density at radius 3 is 2.56 bits per heavy atom. The first-order valence-electron chi connectivity index (χ1n) is 8.16. The molecule has 0 saturated carbocycles. The smallest absolute Gasteiger partial charge is 0.319 e. The molecule has 2 amide bonds. The number of nitrogens with one attached hydrogen (secondary N) is 2. The van der Waals surface area contributed by atoms with E-state index in [0.29, 0.717) is 12.2 Å². The van der Waals surface area contributed by atoms with Crippen molar-refractivity contribution in [3.63, 3.8) is 0 Å². The maximum atomic E-state index is 13.5. The van der Waals surface area contributed by atoms with E-state index in [1.807, 2.05) is 44.2 Å². The number of hydrogen-bond acceptors (Lipinski definition) is 3. The molecule has 2 rings (SSSR count). The van der Waals surface area contributed by atoms with Gasteiger partial charge in [-0.05, 0) is 38.0 Å². The van der Waals surface area contributed by atoms with Crippen LogP contribution in [0, 0.1) is 5.82 Å². The third-order valence-electron chi connectivity index (χ3n) is 3.43. The zero-order chi connectivity index (χ0) is 18.2. The van der Waals surface area contributed by atoms with Gasteiger partial charge < -0.3 is 20.5 Å². The SMILES string of the molecule is CC(C)Oc1ccc(F)cc1NC(=O)NC(CO)Cc1ccccc1. The third kappa shape index (κ3) is 6.08. The van der Waals surface area contributed by atoms with Gasteiger partial charge in [-0.1, -0.05) is 30.3 Å². The highest BCUT2D eigenvalue weighted by Gasteiger charge is 2.15. The Bertz CT molecular complexity index is 692. The minimum absolute atomic E-state index is 0.114. The van der Waals surface area contributed by atoms with E-state index < -0.39 is 17.9 Å². The maximum absolute atomic E-state index is 13.5. The van der Waals surface area contributed by atoms with Gasteiger partial charge in [-0.25, -0.2) is 9.18 Å². The topological polar surface area (TPSA) is 70.6 Å². The normalized spacial score (nSPS) is 11.9. The molecule has 3 N–H and O–H groups in total. The number of benzene rings is 2. The maximum Gasteiger partial charge on any atom is 0.319 e. The van der Waals surface area contributed by atoms with Crippen molar-refractivity contribution in [1.82, 2.24) is 5.32 Å². The molecule has 0 aliphatic carbocycles. The number of urea groups is 1. The van der Waals surface area contributed by atoms with Gasteiger partial charge >= 0.3 is 6.03 Å². The summed E-state index contributed by atoms with van der Waals surface area (Å²) in [5.74, 6) is -0.0930. The Hall–Kier alpha value is -2.60. The molecule has 0 spiro atoms. The number of aliphatic hydroxyl groups excluding tert-OH is 1. The standard InChI is InChI=1S/C19H23FN2O3/c1-13(2)25-18-9-8-15(20)11-17(18)22-19(24)21-16(12-23)10-14-6-4-3-5-7-14/h3-9,11,13,16,23H,10,12H2,1-2H3,(H2,21,22,24). The largest absolute Gasteiger partial charge is 0.489 e. The summed E-state index contributed by atoms with van der Waals surface area (Å²) >= 11 is 0. The summed E-state index contributed by atoms with van der Waals surface area (Å²) in [6.45, 7) is 3.48. The second-order valence-electron chi connectivity index (χ2n) is 5.97. The molecule has 0 bridgehead atoms. The molecule has 2 aromatic rings. The predicted molar refractivity (Wildman–Crippen MR) is 95.3 cm³/mol. The Morgan fingerprint density at radius 1 is 1.20 bits per heavy atom. The summed E-state index contributed by atoms with van der Waals surface area (Å²) in [7, 11) is 0. The van der Waals surface area contributed by atoms with Crippen molar-refractivity contribution in [2.24, 2.45) is 0 Å². The Balaban J connectivity index is 2.02. The second kappa shape index (κ2) is 9.03. The van der Waals surface area contributed by atoms with Crippen LogP contribution in [0.1, 0.15) is 19.4 Å². The fourth-order valence-corrected chi connectivity index (χ4v) is 2.36. The predicted octanol–water partition coefficient (Wildman–Crippen LogP) is 3.34. The van der Waals surface area contributed by atoms with Gasteiger partial charge in [0.1, 0.15) is 11.6 Å². The Kier molecular flexibility index (Phi) is 6.77. The van der Waals surface area contributed by atoms with Crippen LogP contribution >= 0.6 is 0 Å². The molecule has 134 valence electrons. The minimum atomic E-state index is -0.533. The van der Waals surface area contributed by atoms with E-state index in [2.05, 4.69) is 10.6 Å². The molecule has 1 unspecified atom stereocenters. The van der Waals surface area contributed by atoms with Crippen molar-refractivity contribution in [3.05, 3.63) is 59.9 Å². The van der Waals surface area contributed by atoms with E-state index in [9.17, 15) is 14.3 Å². The zero-order valence-electron chi connectivity index (χ0n) is 14.3. The van der Waals surface area contributed by atoms with Gasteiger partial charge in [0.05, 0.1) is 24.4 Å². The fourth-order valence-electron chi connectivity index (χ4n) is 2.36. The lowest BCUT2D eigenvalue weighted by Crippen LogP contribution is -2.41. The van der Waals surface area contributed by atoms with Gasteiger partial charge in [0, 0.05) is 6.07 Å². The zero-order valence-corrected chi connectivity index (χ0v) is 14.3. The van der Waals surface area contributed by atoms with E-state index in [0.717, 1.165) is 5.56 Å². The highest BCUT2D eigenvalue weighted by molar-refractivity contribution is 5.91. The lowest BCUT2D eigenvalue weighted by atomic mass is 10.1. The van der Waals surface area contributed by atoms with Crippen molar-refractivity contribution >= 4 is 11.7 Å². The highest BCUT2D eigenvalue weighted by Crippen LogP contribution is 2.26. The van der Waals surface area contributed by atoms with Crippen molar-refractivity contribution in [2.45, 2.75) is 32.4 Å². The average molecular weight is 346 g/mol. The number of carbonyl (C=O) groups is 1. The number of hydrogen-bond donors (Lipinski definition) is 3. The molecule has 6 heteroatoms. The van der Waals surface area contributed by atoms with Crippen LogP contribution in [-0.4, -0.2) is 29.9 Å². The number of amides is 2. The number of carbonyl (C=O) groups excluding carboxylic acids is 1. The first-order valence-corrected chi connectivity index (χ1v) is 8.16. The van der Waals surface area contributed by atoms with E-state index >= 15 is 0 Å². The second-order valence-corrected chi connectivity index (χ2v) is 5.97. The summed E-state index contributed by atoms with van der Waals surface area (Å²) in [6.07, 6.45) is 0.376. The summed E-state index contributed by atoms with van der Waals surface area (Å²) in [6, 6.07) is 12.5. The number of anilines is 1. The third-order valence-corrected chi connectivity index (χ3v) is 3.43. The summed E-state index contributed by atoms with van der Waals surface area (Å²) < 4.78 is 19.1. The van der Waals surface area contributed by atoms with Crippen LogP contribution in [0.2, 0.25) is 0 Å². The molecule has 0 aliphatic heterocycles. The molecule has 0 aromatic heterocycles. The number of ether oxygens (including phenoxy) is 1. The van der Waals surface area contributed by atoms with Crippen LogP contribution < -0.4 is 15.4 Å². The summed E-state index contributed by atoms with van der Waals surface area (Å²) in [4.78, 5) is 12.2. The van der Waals surface area contributed by atoms with Crippen molar-refractivity contribution < 1.29 is 19.0 Å². The molecule has 0 radical (unpaired) electrons. The highest BCUT2D eigenvalue weighted by atomic mass is 19.1. The fraction of sp³-hybridized carbons (Fsp3) is 0.316. The van der Waals surface area contributed by atoms with Crippen molar-refractivity contribution in [2.75, 3.05) is 11.9 Å². The monoisotopic (exact) mass is 346 g/mol. The molecule has 2 aromatic carbocycles. The van der Waals surface area contributed by atoms with Crippen molar-refractivity contribution in [1.29, 1.82) is 0 Å². The lowest BCUT2D eigenvalue weighted by molar-refractivity contribution is 0.223. The van der Waals surface area contributed by atoms with E-state index in [-0.39, 0.29) is 18.4 Å². The van der Waals surface area contributed by atoms with E-state index in [1.165, 1.54) is 18.2 Å². The minimum Gasteiger partial charge on any atom is -0.489 e. The first-order chi connectivity index (χ1) is 12.0. The van der Waals surface area contributed by atoms with E-state index in [4.69, 9.17) is 4.74 Å². The van der Waals surface area contributed by atoms with Gasteiger partial charge in [0.15, 0.2) is 0 Å². The first kappa shape index (κ1) is 18.7. The molecule has 0 fully saturated rings. The molecular formula is C19H23FN2O3. The van der Waals surface area contributed by atoms with Crippen LogP contribution in [0.15, 0.2) is 48.5 Å². The van der Waals surface area contributed by atoms with Gasteiger partial charge in [0.2, 0.25) is 0 Å². The van der Waals surface area contributed by atoms with Crippen LogP contribution in [0.3, 0.4) is 0 Å². The summed E-state index contributed by atoms with van der Waals surface area (Å²) in [5, 5.41) is 14.8. The number of rotatable bonds is 7. The molecule has 0 aliphatic rings. The van der Waals surface area contributed by atoms with Crippen LogP contribution in [0.25, 0.3) is 0 Å². The molecule has 0 heterocycles. The lowest BCUT2D eigenvalue weighted by Gasteiger charge is -2.19. The van der Waals surface area contributed by atoms with Crippen molar-refractivity contribution in [3.8, 4) is 5.75 Å². The molecule has 5 nitrogen and oxygen atoms in total. The van der Waals surface area contributed by atoms with Gasteiger partial charge in [-0.2, -0.15) is 0 Å². The molecule has 1 atom stereocenters. The van der Waals surface area contributed by atoms with Gasteiger partial charge in [-0.3, -0.25) is 0 Å². The molecule has 0 saturated heterocycles. The van der Waals surface area contributed by atoms with Crippen LogP contribution in [0.4, 0.5) is 14.9 Å². The van der Waals surface area contributed by atoms with Crippen LogP contribution in [0.5, 0.6) is 5.75 Å². The number of halogens is 1. The molecular weight excluding hydrogens is 323 g/mol. The van der Waals surface area contributed by atoms with Gasteiger partial charge in [0.25, 0.3) is 0 Å². The van der Waals surface area contributed by atoms with Crippen LogP contribution in [-0.2, 0) is 6.42 Å². The number of aliphatic hydroxyl groups is 1. The average Bonchev–Trinajstić information content (AvgIpc) is 2.57. The van der Waals surface area contributed by atoms with E-state index in [1.54, 1.807) is 0 Å². The summed E-state index contributed by atoms with van der Waals surface area (Å²) in [5.41, 5.74) is 1.24. The van der Waals surface area contributed by atoms with Gasteiger partial charge in [-0.15, -0.1) is 0 Å².